The van der Waals surface area contributed by atoms with Crippen LogP contribution in [0.15, 0.2) is 65.6 Å². The van der Waals surface area contributed by atoms with Gasteiger partial charge < -0.3 is 10.6 Å². The fraction of sp³-hybridized carbons (Fsp3) is 0.364. The van der Waals surface area contributed by atoms with E-state index in [1.807, 2.05) is 30.3 Å². The molecule has 1 aliphatic heterocycles. The van der Waals surface area contributed by atoms with Gasteiger partial charge >= 0.3 is 0 Å². The van der Waals surface area contributed by atoms with Crippen molar-refractivity contribution >= 4 is 21.8 Å². The molecule has 1 unspecified atom stereocenters. The SMILES string of the molecule is C[C@@H](NC(=O)C1CCCN(S(=O)(=O)c2ccccc2)C1)C(=O)NCc1ccccc1. The molecular formula is C22H27N3O4S. The van der Waals surface area contributed by atoms with Crippen LogP contribution in [0.25, 0.3) is 0 Å². The van der Waals surface area contributed by atoms with Crippen LogP contribution < -0.4 is 10.6 Å². The van der Waals surface area contributed by atoms with E-state index in [1.165, 1.54) is 4.31 Å². The quantitative estimate of drug-likeness (QED) is 0.703. The van der Waals surface area contributed by atoms with Crippen molar-refractivity contribution in [2.75, 3.05) is 13.1 Å². The van der Waals surface area contributed by atoms with E-state index in [0.717, 1.165) is 5.56 Å². The molecule has 2 atom stereocenters. The zero-order valence-corrected chi connectivity index (χ0v) is 17.8. The molecule has 1 saturated heterocycles. The van der Waals surface area contributed by atoms with E-state index in [1.54, 1.807) is 37.3 Å². The summed E-state index contributed by atoms with van der Waals surface area (Å²) >= 11 is 0. The van der Waals surface area contributed by atoms with Crippen LogP contribution in [0.3, 0.4) is 0 Å². The van der Waals surface area contributed by atoms with Crippen LogP contribution >= 0.6 is 0 Å². The number of amides is 2. The number of rotatable bonds is 7. The van der Waals surface area contributed by atoms with E-state index < -0.39 is 22.0 Å². The standard InChI is InChI=1S/C22H27N3O4S/c1-17(21(26)23-15-18-9-4-2-5-10-18)24-22(27)19-11-8-14-25(16-19)30(28,29)20-12-6-3-7-13-20/h2-7,9-10,12-13,17,19H,8,11,14-16H2,1H3,(H,23,26)(H,24,27)/t17-,19?/m1/s1. The van der Waals surface area contributed by atoms with E-state index >= 15 is 0 Å². The predicted octanol–water partition coefficient (Wildman–Crippen LogP) is 1.91. The normalized spacial score (nSPS) is 18.4. The van der Waals surface area contributed by atoms with Crippen molar-refractivity contribution in [3.63, 3.8) is 0 Å². The minimum Gasteiger partial charge on any atom is -0.350 e. The van der Waals surface area contributed by atoms with Gasteiger partial charge in [-0.3, -0.25) is 9.59 Å². The highest BCUT2D eigenvalue weighted by atomic mass is 32.2. The molecule has 2 aromatic carbocycles. The Morgan fingerprint density at radius 3 is 2.37 bits per heavy atom. The van der Waals surface area contributed by atoms with Gasteiger partial charge in [0.25, 0.3) is 0 Å². The highest BCUT2D eigenvalue weighted by molar-refractivity contribution is 7.89. The van der Waals surface area contributed by atoms with E-state index in [0.29, 0.717) is 25.9 Å². The second-order valence-electron chi connectivity index (χ2n) is 7.45. The van der Waals surface area contributed by atoms with Crippen molar-refractivity contribution < 1.29 is 18.0 Å². The number of sulfonamides is 1. The fourth-order valence-corrected chi connectivity index (χ4v) is 5.00. The first-order valence-electron chi connectivity index (χ1n) is 10.0. The lowest BCUT2D eigenvalue weighted by Gasteiger charge is -2.31. The Morgan fingerprint density at radius 2 is 1.70 bits per heavy atom. The lowest BCUT2D eigenvalue weighted by molar-refractivity contribution is -0.131. The molecule has 0 aliphatic carbocycles. The number of piperidine rings is 1. The molecule has 0 spiro atoms. The molecule has 30 heavy (non-hydrogen) atoms. The van der Waals surface area contributed by atoms with Crippen molar-refractivity contribution in [2.45, 2.75) is 37.2 Å². The van der Waals surface area contributed by atoms with Crippen molar-refractivity contribution in [1.82, 2.24) is 14.9 Å². The van der Waals surface area contributed by atoms with Gasteiger partial charge in [-0.25, -0.2) is 8.42 Å². The first-order chi connectivity index (χ1) is 14.4. The summed E-state index contributed by atoms with van der Waals surface area (Å²) in [7, 11) is -3.64. The van der Waals surface area contributed by atoms with Crippen LogP contribution in [-0.2, 0) is 26.2 Å². The van der Waals surface area contributed by atoms with Gasteiger partial charge in [-0.15, -0.1) is 0 Å². The minimum absolute atomic E-state index is 0.113. The molecule has 2 amide bonds. The summed E-state index contributed by atoms with van der Waals surface area (Å²) in [5, 5.41) is 5.53. The number of benzene rings is 2. The van der Waals surface area contributed by atoms with Gasteiger partial charge in [0.05, 0.1) is 10.8 Å². The molecule has 160 valence electrons. The molecule has 2 N–H and O–H groups in total. The van der Waals surface area contributed by atoms with Gasteiger partial charge in [0.2, 0.25) is 21.8 Å². The van der Waals surface area contributed by atoms with Crippen LogP contribution in [-0.4, -0.2) is 43.7 Å². The Bertz CT molecular complexity index is 964. The maximum Gasteiger partial charge on any atom is 0.243 e. The van der Waals surface area contributed by atoms with Gasteiger partial charge in [-0.1, -0.05) is 48.5 Å². The van der Waals surface area contributed by atoms with Gasteiger partial charge in [-0.2, -0.15) is 4.31 Å². The van der Waals surface area contributed by atoms with Crippen molar-refractivity contribution in [2.24, 2.45) is 5.92 Å². The highest BCUT2D eigenvalue weighted by Crippen LogP contribution is 2.23. The summed E-state index contributed by atoms with van der Waals surface area (Å²) in [5.74, 6) is -1.07. The Morgan fingerprint density at radius 1 is 1.07 bits per heavy atom. The van der Waals surface area contributed by atoms with Crippen LogP contribution in [0.2, 0.25) is 0 Å². The Labute approximate surface area is 177 Å². The molecule has 0 aromatic heterocycles. The maximum absolute atomic E-state index is 12.8. The third-order valence-corrected chi connectivity index (χ3v) is 7.08. The largest absolute Gasteiger partial charge is 0.350 e. The third-order valence-electron chi connectivity index (χ3n) is 5.20. The molecule has 0 saturated carbocycles. The van der Waals surface area contributed by atoms with Crippen LogP contribution in [0.5, 0.6) is 0 Å². The molecule has 7 nitrogen and oxygen atoms in total. The molecule has 8 heteroatoms. The average Bonchev–Trinajstić information content (AvgIpc) is 2.78. The van der Waals surface area contributed by atoms with Crippen molar-refractivity contribution in [1.29, 1.82) is 0 Å². The Hall–Kier alpha value is -2.71. The molecular weight excluding hydrogens is 402 g/mol. The summed E-state index contributed by atoms with van der Waals surface area (Å²) in [6.45, 7) is 2.50. The van der Waals surface area contributed by atoms with Crippen LogP contribution in [0, 0.1) is 5.92 Å². The number of nitrogens with one attached hydrogen (secondary N) is 2. The predicted molar refractivity (Wildman–Crippen MR) is 114 cm³/mol. The van der Waals surface area contributed by atoms with Crippen molar-refractivity contribution in [3.05, 3.63) is 66.2 Å². The van der Waals surface area contributed by atoms with E-state index in [2.05, 4.69) is 10.6 Å². The zero-order chi connectivity index (χ0) is 21.6. The molecule has 1 aliphatic rings. The summed E-state index contributed by atoms with van der Waals surface area (Å²) in [4.78, 5) is 25.2. The molecule has 2 aromatic rings. The van der Waals surface area contributed by atoms with E-state index in [9.17, 15) is 18.0 Å². The second kappa shape index (κ2) is 9.86. The number of hydrogen-bond acceptors (Lipinski definition) is 4. The van der Waals surface area contributed by atoms with E-state index in [4.69, 9.17) is 0 Å². The zero-order valence-electron chi connectivity index (χ0n) is 17.0. The number of carbonyl (C=O) groups is 2. The topological polar surface area (TPSA) is 95.6 Å². The molecule has 3 rings (SSSR count). The van der Waals surface area contributed by atoms with Crippen molar-refractivity contribution in [3.8, 4) is 0 Å². The fourth-order valence-electron chi connectivity index (χ4n) is 3.45. The average molecular weight is 430 g/mol. The summed E-state index contributed by atoms with van der Waals surface area (Å²) in [5.41, 5.74) is 0.971. The highest BCUT2D eigenvalue weighted by Gasteiger charge is 2.34. The number of nitrogens with zero attached hydrogens (tertiary/aromatic N) is 1. The monoisotopic (exact) mass is 429 g/mol. The summed E-state index contributed by atoms with van der Waals surface area (Å²) in [6, 6.07) is 17.0. The molecule has 1 heterocycles. The van der Waals surface area contributed by atoms with Gasteiger partial charge in [0.1, 0.15) is 6.04 Å². The first-order valence-corrected chi connectivity index (χ1v) is 11.5. The number of hydrogen-bond donors (Lipinski definition) is 2. The maximum atomic E-state index is 12.8. The molecule has 1 fully saturated rings. The van der Waals surface area contributed by atoms with Crippen LogP contribution in [0.4, 0.5) is 0 Å². The molecule has 0 radical (unpaired) electrons. The minimum atomic E-state index is -3.64. The summed E-state index contributed by atoms with van der Waals surface area (Å²) in [6.07, 6.45) is 1.18. The van der Waals surface area contributed by atoms with Crippen LogP contribution in [0.1, 0.15) is 25.3 Å². The second-order valence-corrected chi connectivity index (χ2v) is 9.39. The van der Waals surface area contributed by atoms with Gasteiger partial charge in [-0.05, 0) is 37.5 Å². The third kappa shape index (κ3) is 5.46. The lowest BCUT2D eigenvalue weighted by Crippen LogP contribution is -2.50. The Balaban J connectivity index is 1.55. The first kappa shape index (κ1) is 22.0. The lowest BCUT2D eigenvalue weighted by atomic mass is 9.98. The van der Waals surface area contributed by atoms with Gasteiger partial charge in [0.15, 0.2) is 0 Å². The number of carbonyl (C=O) groups excluding carboxylic acids is 2. The summed E-state index contributed by atoms with van der Waals surface area (Å²) < 4.78 is 27.0. The van der Waals surface area contributed by atoms with E-state index in [-0.39, 0.29) is 23.3 Å². The van der Waals surface area contributed by atoms with Gasteiger partial charge in [0, 0.05) is 19.6 Å². The molecule has 0 bridgehead atoms. The Kier molecular flexibility index (Phi) is 7.23. The smallest absolute Gasteiger partial charge is 0.243 e.